The van der Waals surface area contributed by atoms with Crippen LogP contribution in [-0.4, -0.2) is 37.7 Å². The fraction of sp³-hybridized carbons (Fsp3) is 0.0870. The van der Waals surface area contributed by atoms with E-state index in [4.69, 9.17) is 25.5 Å². The molecule has 3 aromatic carbocycles. The number of aromatic nitrogens is 2. The van der Waals surface area contributed by atoms with E-state index in [1.165, 1.54) is 42.5 Å². The third-order valence-electron chi connectivity index (χ3n) is 4.94. The van der Waals surface area contributed by atoms with Crippen LogP contribution in [0.5, 0.6) is 11.5 Å². The van der Waals surface area contributed by atoms with Crippen LogP contribution in [0.4, 0.5) is 11.7 Å². The van der Waals surface area contributed by atoms with Crippen LogP contribution in [0.15, 0.2) is 76.0 Å². The summed E-state index contributed by atoms with van der Waals surface area (Å²) in [5.41, 5.74) is 0.983. The van der Waals surface area contributed by atoms with Gasteiger partial charge >= 0.3 is 6.01 Å². The van der Waals surface area contributed by atoms with Gasteiger partial charge in [-0.3, -0.25) is 14.8 Å². The fourth-order valence-corrected chi connectivity index (χ4v) is 4.46. The lowest BCUT2D eigenvalue weighted by Gasteiger charge is -2.18. The largest absolute Gasteiger partial charge is 0.486 e. The van der Waals surface area contributed by atoms with Crippen molar-refractivity contribution in [3.63, 3.8) is 0 Å². The van der Waals surface area contributed by atoms with E-state index in [1.54, 1.807) is 24.3 Å². The minimum absolute atomic E-state index is 0.0364. The highest BCUT2D eigenvalue weighted by Crippen LogP contribution is 2.34. The molecule has 12 heteroatoms. The average Bonchev–Trinajstić information content (AvgIpc) is 3.32. The average molecular weight is 513 g/mol. The molecule has 2 heterocycles. The second-order valence-corrected chi connectivity index (χ2v) is 9.48. The van der Waals surface area contributed by atoms with Crippen LogP contribution < -0.4 is 19.5 Å². The first-order valence-electron chi connectivity index (χ1n) is 10.3. The van der Waals surface area contributed by atoms with Crippen molar-refractivity contribution in [1.82, 2.24) is 10.2 Å². The molecule has 0 aliphatic carbocycles. The van der Waals surface area contributed by atoms with Crippen LogP contribution in [0.1, 0.15) is 10.4 Å². The van der Waals surface area contributed by atoms with Crippen molar-refractivity contribution in [1.29, 1.82) is 0 Å². The van der Waals surface area contributed by atoms with Gasteiger partial charge in [-0.2, -0.15) is 0 Å². The van der Waals surface area contributed by atoms with Gasteiger partial charge in [0.25, 0.3) is 15.9 Å². The summed E-state index contributed by atoms with van der Waals surface area (Å²) in [5.74, 6) is 0.812. The summed E-state index contributed by atoms with van der Waals surface area (Å²) in [4.78, 5) is 12.7. The molecule has 0 saturated carbocycles. The molecule has 0 spiro atoms. The number of fused-ring (bicyclic) bond motifs is 1. The van der Waals surface area contributed by atoms with Gasteiger partial charge in [0, 0.05) is 21.8 Å². The number of carbonyl (C=O) groups excluding carboxylic acids is 1. The minimum Gasteiger partial charge on any atom is -0.486 e. The molecule has 0 fully saturated rings. The van der Waals surface area contributed by atoms with Gasteiger partial charge in [-0.05, 0) is 60.7 Å². The van der Waals surface area contributed by atoms with Gasteiger partial charge in [0.15, 0.2) is 11.5 Å². The zero-order valence-electron chi connectivity index (χ0n) is 17.9. The van der Waals surface area contributed by atoms with E-state index in [0.717, 1.165) is 0 Å². The van der Waals surface area contributed by atoms with Gasteiger partial charge in [0.1, 0.15) is 13.2 Å². The normalized spacial score (nSPS) is 12.7. The molecule has 35 heavy (non-hydrogen) atoms. The third kappa shape index (κ3) is 5.05. The molecule has 1 aliphatic heterocycles. The Balaban J connectivity index is 1.29. The van der Waals surface area contributed by atoms with E-state index in [0.29, 0.717) is 35.3 Å². The predicted octanol–water partition coefficient (Wildman–Crippen LogP) is 4.21. The summed E-state index contributed by atoms with van der Waals surface area (Å²) in [6, 6.07) is 16.8. The van der Waals surface area contributed by atoms with Crippen molar-refractivity contribution in [3.8, 4) is 23.0 Å². The van der Waals surface area contributed by atoms with Crippen LogP contribution in [-0.2, 0) is 10.0 Å². The van der Waals surface area contributed by atoms with Crippen molar-refractivity contribution >= 4 is 39.2 Å². The maximum atomic E-state index is 12.7. The van der Waals surface area contributed by atoms with Crippen LogP contribution in [0.2, 0.25) is 5.02 Å². The van der Waals surface area contributed by atoms with Gasteiger partial charge in [-0.25, -0.2) is 8.42 Å². The number of carbonyl (C=O) groups is 1. The molecule has 10 nitrogen and oxygen atoms in total. The maximum absolute atomic E-state index is 12.7. The van der Waals surface area contributed by atoms with Crippen molar-refractivity contribution in [2.24, 2.45) is 0 Å². The van der Waals surface area contributed by atoms with Crippen LogP contribution >= 0.6 is 11.6 Å². The number of sulfonamides is 1. The first-order chi connectivity index (χ1) is 16.9. The Hall–Kier alpha value is -4.09. The lowest BCUT2D eigenvalue weighted by molar-refractivity contribution is 0.102. The maximum Gasteiger partial charge on any atom is 0.322 e. The SMILES string of the molecule is O=C(Nc1nnc(-c2ccc3c(c2)OCCO3)o1)c1cccc(NS(=O)(=O)c2ccc(Cl)cc2)c1. The zero-order valence-corrected chi connectivity index (χ0v) is 19.5. The van der Waals surface area contributed by atoms with E-state index >= 15 is 0 Å². The Labute approximate surface area is 204 Å². The summed E-state index contributed by atoms with van der Waals surface area (Å²) >= 11 is 5.82. The molecule has 0 atom stereocenters. The first-order valence-corrected chi connectivity index (χ1v) is 12.2. The molecule has 2 N–H and O–H groups in total. The first kappa shape index (κ1) is 22.7. The van der Waals surface area contributed by atoms with Crippen molar-refractivity contribution in [3.05, 3.63) is 77.3 Å². The van der Waals surface area contributed by atoms with E-state index in [9.17, 15) is 13.2 Å². The number of benzene rings is 3. The molecular weight excluding hydrogens is 496 g/mol. The van der Waals surface area contributed by atoms with Crippen LogP contribution in [0, 0.1) is 0 Å². The highest BCUT2D eigenvalue weighted by atomic mass is 35.5. The molecule has 0 radical (unpaired) electrons. The number of rotatable bonds is 6. The summed E-state index contributed by atoms with van der Waals surface area (Å²) < 4.78 is 44.3. The molecule has 178 valence electrons. The van der Waals surface area contributed by atoms with E-state index in [1.807, 2.05) is 0 Å². The monoisotopic (exact) mass is 512 g/mol. The molecule has 0 unspecified atom stereocenters. The summed E-state index contributed by atoms with van der Waals surface area (Å²) in [6.45, 7) is 0.920. The fourth-order valence-electron chi connectivity index (χ4n) is 3.29. The molecular formula is C23H17ClN4O6S. The van der Waals surface area contributed by atoms with Crippen molar-refractivity contribution in [2.45, 2.75) is 4.90 Å². The number of hydrogen-bond donors (Lipinski definition) is 2. The molecule has 1 aromatic heterocycles. The topological polar surface area (TPSA) is 133 Å². The number of ether oxygens (including phenoxy) is 2. The van der Waals surface area contributed by atoms with Crippen molar-refractivity contribution in [2.75, 3.05) is 23.3 Å². The highest BCUT2D eigenvalue weighted by molar-refractivity contribution is 7.92. The summed E-state index contributed by atoms with van der Waals surface area (Å²) in [6.07, 6.45) is 0. The van der Waals surface area contributed by atoms with Crippen LogP contribution in [0.25, 0.3) is 11.5 Å². The molecule has 1 aliphatic rings. The Bertz CT molecular complexity index is 1500. The lowest BCUT2D eigenvalue weighted by atomic mass is 10.2. The minimum atomic E-state index is -3.87. The number of nitrogens with zero attached hydrogens (tertiary/aromatic N) is 2. The van der Waals surface area contributed by atoms with Gasteiger partial charge < -0.3 is 13.9 Å². The quantitative estimate of drug-likeness (QED) is 0.392. The Morgan fingerprint density at radius 2 is 1.69 bits per heavy atom. The lowest BCUT2D eigenvalue weighted by Crippen LogP contribution is -2.15. The molecule has 0 saturated heterocycles. The second kappa shape index (κ2) is 9.28. The number of amides is 1. The number of nitrogens with one attached hydrogen (secondary N) is 2. The van der Waals surface area contributed by atoms with E-state index < -0.39 is 15.9 Å². The second-order valence-electron chi connectivity index (χ2n) is 7.37. The third-order valence-corrected chi connectivity index (χ3v) is 6.58. The zero-order chi connectivity index (χ0) is 24.4. The highest BCUT2D eigenvalue weighted by Gasteiger charge is 2.18. The predicted molar refractivity (Wildman–Crippen MR) is 127 cm³/mol. The summed E-state index contributed by atoms with van der Waals surface area (Å²) in [7, 11) is -3.87. The van der Waals surface area contributed by atoms with Gasteiger partial charge in [-0.1, -0.05) is 22.8 Å². The number of hydrogen-bond acceptors (Lipinski definition) is 8. The van der Waals surface area contributed by atoms with Crippen LogP contribution in [0.3, 0.4) is 0 Å². The van der Waals surface area contributed by atoms with Crippen molar-refractivity contribution < 1.29 is 27.1 Å². The van der Waals surface area contributed by atoms with Gasteiger partial charge in [0.2, 0.25) is 5.89 Å². The molecule has 0 bridgehead atoms. The Morgan fingerprint density at radius 3 is 2.49 bits per heavy atom. The smallest absolute Gasteiger partial charge is 0.322 e. The number of anilines is 2. The standard InChI is InChI=1S/C23H17ClN4O6S/c24-16-5-7-18(8-6-16)35(30,31)28-17-3-1-2-14(12-17)21(29)25-23-27-26-22(34-23)15-4-9-19-20(13-15)33-11-10-32-19/h1-9,12-13,28H,10-11H2,(H,25,27,29). The van der Waals surface area contributed by atoms with Gasteiger partial charge in [0.05, 0.1) is 4.90 Å². The summed E-state index contributed by atoms with van der Waals surface area (Å²) in [5, 5.41) is 10.7. The van der Waals surface area contributed by atoms with Gasteiger partial charge in [-0.15, -0.1) is 5.10 Å². The number of halogens is 1. The molecule has 4 aromatic rings. The molecule has 5 rings (SSSR count). The Kier molecular flexibility index (Phi) is 6.01. The Morgan fingerprint density at radius 1 is 0.914 bits per heavy atom. The van der Waals surface area contributed by atoms with E-state index in [-0.39, 0.29) is 28.1 Å². The molecule has 1 amide bonds. The van der Waals surface area contributed by atoms with E-state index in [2.05, 4.69) is 20.2 Å².